The molecule has 2 heterocycles. The Labute approximate surface area is 84.6 Å². The Kier molecular flexibility index (Phi) is 1.77. The number of hydrogen-bond donors (Lipinski definition) is 1. The van der Waals surface area contributed by atoms with E-state index in [1.807, 2.05) is 0 Å². The van der Waals surface area contributed by atoms with Gasteiger partial charge in [-0.2, -0.15) is 0 Å². The second-order valence-corrected chi connectivity index (χ2v) is 4.28. The van der Waals surface area contributed by atoms with E-state index in [2.05, 4.69) is 29.1 Å². The lowest BCUT2D eigenvalue weighted by Gasteiger charge is -2.15. The van der Waals surface area contributed by atoms with E-state index in [1.54, 1.807) is 5.56 Å². The molecule has 1 aromatic rings. The smallest absolute Gasteiger partial charge is 0.0484 e. The molecule has 0 fully saturated rings. The minimum absolute atomic E-state index is 1.05. The predicted octanol–water partition coefficient (Wildman–Crippen LogP) is 1.73. The van der Waals surface area contributed by atoms with Crippen molar-refractivity contribution in [2.24, 2.45) is 0 Å². The third-order valence-electron chi connectivity index (χ3n) is 3.33. The van der Waals surface area contributed by atoms with Crippen molar-refractivity contribution in [3.05, 3.63) is 29.1 Å². The van der Waals surface area contributed by atoms with Crippen LogP contribution in [0.3, 0.4) is 0 Å². The van der Waals surface area contributed by atoms with Crippen LogP contribution in [0.4, 0.5) is 0 Å². The molecule has 2 heteroatoms. The first-order valence-corrected chi connectivity index (χ1v) is 5.45. The van der Waals surface area contributed by atoms with Crippen molar-refractivity contribution >= 4 is 5.57 Å². The van der Waals surface area contributed by atoms with Crippen LogP contribution in [-0.4, -0.2) is 17.7 Å². The largest absolute Gasteiger partial charge is 0.346 e. The lowest BCUT2D eigenvalue weighted by Crippen LogP contribution is -2.17. The van der Waals surface area contributed by atoms with E-state index in [4.69, 9.17) is 0 Å². The Morgan fingerprint density at radius 2 is 2.36 bits per heavy atom. The van der Waals surface area contributed by atoms with Crippen molar-refractivity contribution in [1.82, 2.24) is 9.88 Å². The number of allylic oxidation sites excluding steroid dienone is 1. The SMILES string of the molecule is Cc1cn2c3c1CCC=C3CNCC2. The first-order chi connectivity index (χ1) is 6.86. The number of rotatable bonds is 0. The van der Waals surface area contributed by atoms with Gasteiger partial charge in [-0.15, -0.1) is 0 Å². The Morgan fingerprint density at radius 1 is 1.43 bits per heavy atom. The fourth-order valence-corrected chi connectivity index (χ4v) is 2.67. The number of aromatic nitrogens is 1. The highest BCUT2D eigenvalue weighted by molar-refractivity contribution is 5.70. The third-order valence-corrected chi connectivity index (χ3v) is 3.33. The Balaban J connectivity index is 2.22. The van der Waals surface area contributed by atoms with Crippen molar-refractivity contribution < 1.29 is 0 Å². The molecule has 0 amide bonds. The molecule has 0 unspecified atom stereocenters. The van der Waals surface area contributed by atoms with Gasteiger partial charge >= 0.3 is 0 Å². The van der Waals surface area contributed by atoms with E-state index >= 15 is 0 Å². The summed E-state index contributed by atoms with van der Waals surface area (Å²) in [4.78, 5) is 0. The molecule has 2 aliphatic rings. The highest BCUT2D eigenvalue weighted by atomic mass is 15.0. The predicted molar refractivity (Wildman–Crippen MR) is 58.3 cm³/mol. The van der Waals surface area contributed by atoms with E-state index in [0.717, 1.165) is 19.6 Å². The zero-order valence-corrected chi connectivity index (χ0v) is 8.64. The molecule has 0 spiro atoms. The van der Waals surface area contributed by atoms with Crippen LogP contribution in [0.5, 0.6) is 0 Å². The molecule has 0 saturated heterocycles. The van der Waals surface area contributed by atoms with Gasteiger partial charge in [-0.25, -0.2) is 0 Å². The maximum Gasteiger partial charge on any atom is 0.0484 e. The Hall–Kier alpha value is -1.02. The van der Waals surface area contributed by atoms with Gasteiger partial charge in [-0.3, -0.25) is 0 Å². The van der Waals surface area contributed by atoms with Gasteiger partial charge in [0.15, 0.2) is 0 Å². The topological polar surface area (TPSA) is 17.0 Å². The summed E-state index contributed by atoms with van der Waals surface area (Å²) in [6.07, 6.45) is 7.17. The summed E-state index contributed by atoms with van der Waals surface area (Å²) in [6.45, 7) is 5.51. The summed E-state index contributed by atoms with van der Waals surface area (Å²) >= 11 is 0. The minimum Gasteiger partial charge on any atom is -0.346 e. The van der Waals surface area contributed by atoms with Crippen LogP contribution in [0.25, 0.3) is 5.57 Å². The maximum atomic E-state index is 3.47. The van der Waals surface area contributed by atoms with E-state index < -0.39 is 0 Å². The molecule has 1 aromatic heterocycles. The molecule has 1 aliphatic heterocycles. The van der Waals surface area contributed by atoms with Crippen LogP contribution in [0.15, 0.2) is 12.3 Å². The molecule has 1 aliphatic carbocycles. The zero-order chi connectivity index (χ0) is 9.54. The molecule has 14 heavy (non-hydrogen) atoms. The average molecular weight is 188 g/mol. The van der Waals surface area contributed by atoms with Crippen molar-refractivity contribution in [2.75, 3.05) is 13.1 Å². The van der Waals surface area contributed by atoms with Crippen LogP contribution >= 0.6 is 0 Å². The molecule has 0 saturated carbocycles. The molecule has 2 nitrogen and oxygen atoms in total. The van der Waals surface area contributed by atoms with Crippen LogP contribution < -0.4 is 5.32 Å². The fourth-order valence-electron chi connectivity index (χ4n) is 2.67. The molecule has 74 valence electrons. The van der Waals surface area contributed by atoms with Crippen LogP contribution in [0.2, 0.25) is 0 Å². The van der Waals surface area contributed by atoms with Crippen LogP contribution in [0.1, 0.15) is 23.2 Å². The van der Waals surface area contributed by atoms with Gasteiger partial charge in [0, 0.05) is 31.5 Å². The quantitative estimate of drug-likeness (QED) is 0.656. The number of nitrogens with one attached hydrogen (secondary N) is 1. The average Bonchev–Trinajstić information content (AvgIpc) is 2.41. The summed E-state index contributed by atoms with van der Waals surface area (Å²) in [6, 6.07) is 0. The van der Waals surface area contributed by atoms with E-state index in [1.165, 1.54) is 29.7 Å². The molecular weight excluding hydrogens is 172 g/mol. The lowest BCUT2D eigenvalue weighted by atomic mass is 9.95. The highest BCUT2D eigenvalue weighted by Gasteiger charge is 2.21. The number of nitrogens with zero attached hydrogens (tertiary/aromatic N) is 1. The standard InChI is InChI=1S/C12H16N2/c1-9-8-14-6-5-13-7-10-3-2-4-11(9)12(10)14/h3,8,13H,2,4-7H2,1H3. The molecular formula is C12H16N2. The lowest BCUT2D eigenvalue weighted by molar-refractivity contribution is 0.649. The summed E-state index contributed by atoms with van der Waals surface area (Å²) in [5.41, 5.74) is 6.09. The molecule has 1 N–H and O–H groups in total. The van der Waals surface area contributed by atoms with Gasteiger partial charge in [0.1, 0.15) is 0 Å². The normalized spacial score (nSPS) is 19.9. The van der Waals surface area contributed by atoms with Gasteiger partial charge in [0.05, 0.1) is 0 Å². The Morgan fingerprint density at radius 3 is 3.29 bits per heavy atom. The Bertz CT molecular complexity index is 399. The number of hydrogen-bond acceptors (Lipinski definition) is 1. The van der Waals surface area contributed by atoms with Crippen molar-refractivity contribution in [2.45, 2.75) is 26.3 Å². The minimum atomic E-state index is 1.05. The van der Waals surface area contributed by atoms with Crippen LogP contribution in [-0.2, 0) is 13.0 Å². The molecule has 0 radical (unpaired) electrons. The summed E-state index contributed by atoms with van der Waals surface area (Å²) in [5.74, 6) is 0. The van der Waals surface area contributed by atoms with Gasteiger partial charge < -0.3 is 9.88 Å². The zero-order valence-electron chi connectivity index (χ0n) is 8.64. The van der Waals surface area contributed by atoms with E-state index in [9.17, 15) is 0 Å². The van der Waals surface area contributed by atoms with Crippen molar-refractivity contribution in [1.29, 1.82) is 0 Å². The van der Waals surface area contributed by atoms with Crippen molar-refractivity contribution in [3.8, 4) is 0 Å². The number of aryl methyl sites for hydroxylation is 1. The molecule has 0 bridgehead atoms. The second-order valence-electron chi connectivity index (χ2n) is 4.28. The summed E-state index contributed by atoms with van der Waals surface area (Å²) < 4.78 is 2.43. The van der Waals surface area contributed by atoms with Gasteiger partial charge in [0.2, 0.25) is 0 Å². The third kappa shape index (κ3) is 1.07. The van der Waals surface area contributed by atoms with Gasteiger partial charge in [-0.1, -0.05) is 6.08 Å². The van der Waals surface area contributed by atoms with Crippen molar-refractivity contribution in [3.63, 3.8) is 0 Å². The molecule has 3 rings (SSSR count). The van der Waals surface area contributed by atoms with Crippen LogP contribution in [0, 0.1) is 6.92 Å². The fraction of sp³-hybridized carbons (Fsp3) is 0.500. The molecule has 0 atom stereocenters. The summed E-state index contributed by atoms with van der Waals surface area (Å²) in [5, 5.41) is 3.47. The maximum absolute atomic E-state index is 3.47. The first kappa shape index (κ1) is 8.30. The van der Waals surface area contributed by atoms with Gasteiger partial charge in [-0.05, 0) is 36.5 Å². The second kappa shape index (κ2) is 2.99. The van der Waals surface area contributed by atoms with E-state index in [0.29, 0.717) is 0 Å². The summed E-state index contributed by atoms with van der Waals surface area (Å²) in [7, 11) is 0. The van der Waals surface area contributed by atoms with E-state index in [-0.39, 0.29) is 0 Å². The highest BCUT2D eigenvalue weighted by Crippen LogP contribution is 2.30. The van der Waals surface area contributed by atoms with Gasteiger partial charge in [0.25, 0.3) is 0 Å². The first-order valence-electron chi connectivity index (χ1n) is 5.45. The molecule has 0 aromatic carbocycles. The monoisotopic (exact) mass is 188 g/mol.